The zero-order valence-electron chi connectivity index (χ0n) is 10.1. The minimum Gasteiger partial charge on any atom is -0.476 e. The van der Waals surface area contributed by atoms with E-state index in [4.69, 9.17) is 5.11 Å². The third-order valence-corrected chi connectivity index (χ3v) is 3.12. The SMILES string of the molecule is CSCC(C)CNCCn1cc(C(=O)O)nn1. The van der Waals surface area contributed by atoms with Crippen LogP contribution in [0.1, 0.15) is 17.4 Å². The molecule has 0 spiro atoms. The van der Waals surface area contributed by atoms with Crippen LogP contribution in [0, 0.1) is 5.92 Å². The van der Waals surface area contributed by atoms with Crippen LogP contribution in [-0.4, -0.2) is 51.2 Å². The monoisotopic (exact) mass is 258 g/mol. The van der Waals surface area contributed by atoms with Gasteiger partial charge in [0.05, 0.1) is 12.7 Å². The molecule has 0 saturated heterocycles. The number of carbonyl (C=O) groups is 1. The van der Waals surface area contributed by atoms with Crippen molar-refractivity contribution in [3.05, 3.63) is 11.9 Å². The number of rotatable bonds is 8. The van der Waals surface area contributed by atoms with Crippen molar-refractivity contribution < 1.29 is 9.90 Å². The molecule has 1 rings (SSSR count). The lowest BCUT2D eigenvalue weighted by Gasteiger charge is -2.10. The number of hydrogen-bond acceptors (Lipinski definition) is 5. The van der Waals surface area contributed by atoms with Gasteiger partial charge in [0.1, 0.15) is 0 Å². The van der Waals surface area contributed by atoms with Crippen LogP contribution in [0.25, 0.3) is 0 Å². The van der Waals surface area contributed by atoms with Gasteiger partial charge in [0, 0.05) is 6.54 Å². The minimum atomic E-state index is -1.04. The third kappa shape index (κ3) is 5.18. The highest BCUT2D eigenvalue weighted by Gasteiger charge is 2.07. The van der Waals surface area contributed by atoms with E-state index in [1.54, 1.807) is 0 Å². The maximum atomic E-state index is 10.6. The topological polar surface area (TPSA) is 80.0 Å². The Hall–Kier alpha value is -1.08. The van der Waals surface area contributed by atoms with Crippen molar-refractivity contribution in [2.45, 2.75) is 13.5 Å². The molecule has 0 amide bonds. The fourth-order valence-corrected chi connectivity index (χ4v) is 2.08. The van der Waals surface area contributed by atoms with Crippen molar-refractivity contribution in [3.8, 4) is 0 Å². The first-order valence-corrected chi connectivity index (χ1v) is 6.86. The Kier molecular flexibility index (Phi) is 5.99. The van der Waals surface area contributed by atoms with E-state index in [1.165, 1.54) is 10.9 Å². The first-order chi connectivity index (χ1) is 8.13. The second-order valence-electron chi connectivity index (χ2n) is 3.94. The van der Waals surface area contributed by atoms with Gasteiger partial charge in [-0.15, -0.1) is 5.10 Å². The summed E-state index contributed by atoms with van der Waals surface area (Å²) in [5.74, 6) is 0.729. The van der Waals surface area contributed by atoms with E-state index in [1.807, 2.05) is 11.8 Å². The zero-order valence-corrected chi connectivity index (χ0v) is 10.9. The van der Waals surface area contributed by atoms with Crippen molar-refractivity contribution in [1.29, 1.82) is 0 Å². The second-order valence-corrected chi connectivity index (χ2v) is 4.85. The second kappa shape index (κ2) is 7.29. The van der Waals surface area contributed by atoms with E-state index in [-0.39, 0.29) is 5.69 Å². The average molecular weight is 258 g/mol. The molecule has 1 aromatic rings. The third-order valence-electron chi connectivity index (χ3n) is 2.22. The Labute approximate surface area is 105 Å². The molecule has 0 aliphatic carbocycles. The molecule has 1 atom stereocenters. The highest BCUT2D eigenvalue weighted by atomic mass is 32.2. The van der Waals surface area contributed by atoms with Crippen LogP contribution in [0.15, 0.2) is 6.20 Å². The van der Waals surface area contributed by atoms with Crippen molar-refractivity contribution in [2.75, 3.05) is 25.1 Å². The van der Waals surface area contributed by atoms with Crippen LogP contribution in [0.4, 0.5) is 0 Å². The lowest BCUT2D eigenvalue weighted by molar-refractivity contribution is 0.0690. The fraction of sp³-hybridized carbons (Fsp3) is 0.700. The number of nitrogens with zero attached hydrogens (tertiary/aromatic N) is 3. The standard InChI is InChI=1S/C10H18N4O2S/c1-8(7-17-2)5-11-3-4-14-6-9(10(15)16)12-13-14/h6,8,11H,3-5,7H2,1-2H3,(H,15,16). The molecule has 2 N–H and O–H groups in total. The summed E-state index contributed by atoms with van der Waals surface area (Å²) in [5, 5.41) is 19.2. The number of nitrogens with one attached hydrogen (secondary N) is 1. The van der Waals surface area contributed by atoms with Gasteiger partial charge in [0.2, 0.25) is 0 Å². The first kappa shape index (κ1) is 14.0. The van der Waals surface area contributed by atoms with Crippen LogP contribution < -0.4 is 5.32 Å². The molecule has 96 valence electrons. The molecular weight excluding hydrogens is 240 g/mol. The Morgan fingerprint density at radius 2 is 2.47 bits per heavy atom. The van der Waals surface area contributed by atoms with Gasteiger partial charge in [0.25, 0.3) is 0 Å². The number of aromatic carboxylic acids is 1. The molecule has 0 aromatic carbocycles. The molecule has 17 heavy (non-hydrogen) atoms. The van der Waals surface area contributed by atoms with Gasteiger partial charge in [-0.2, -0.15) is 11.8 Å². The number of carboxylic acid groups (broad SMARTS) is 1. The number of aromatic nitrogens is 3. The summed E-state index contributed by atoms with van der Waals surface area (Å²) in [6.07, 6.45) is 3.54. The summed E-state index contributed by atoms with van der Waals surface area (Å²) in [4.78, 5) is 10.6. The molecule has 0 bridgehead atoms. The maximum Gasteiger partial charge on any atom is 0.358 e. The number of thioether (sulfide) groups is 1. The summed E-state index contributed by atoms with van der Waals surface area (Å²) >= 11 is 1.84. The predicted molar refractivity (Wildman–Crippen MR) is 67.4 cm³/mol. The van der Waals surface area contributed by atoms with E-state index in [2.05, 4.69) is 28.8 Å². The highest BCUT2D eigenvalue weighted by molar-refractivity contribution is 7.98. The van der Waals surface area contributed by atoms with Gasteiger partial charge in [-0.05, 0) is 24.5 Å². The molecule has 0 saturated carbocycles. The van der Waals surface area contributed by atoms with Gasteiger partial charge >= 0.3 is 5.97 Å². The Morgan fingerprint density at radius 3 is 3.06 bits per heavy atom. The summed E-state index contributed by atoms with van der Waals surface area (Å²) in [7, 11) is 0. The Balaban J connectivity index is 2.19. The molecule has 1 heterocycles. The van der Waals surface area contributed by atoms with Crippen molar-refractivity contribution in [3.63, 3.8) is 0 Å². The van der Waals surface area contributed by atoms with Gasteiger partial charge in [0.15, 0.2) is 5.69 Å². The van der Waals surface area contributed by atoms with Crippen LogP contribution >= 0.6 is 11.8 Å². The molecule has 0 aliphatic heterocycles. The fourth-order valence-electron chi connectivity index (χ4n) is 1.39. The average Bonchev–Trinajstić information content (AvgIpc) is 2.73. The van der Waals surface area contributed by atoms with Crippen molar-refractivity contribution >= 4 is 17.7 Å². The summed E-state index contributed by atoms with van der Waals surface area (Å²) in [5.41, 5.74) is -0.0132. The predicted octanol–water partition coefficient (Wildman–Crippen LogP) is 0.565. The summed E-state index contributed by atoms with van der Waals surface area (Å²) < 4.78 is 1.54. The minimum absolute atomic E-state index is 0.0132. The maximum absolute atomic E-state index is 10.6. The Bertz CT molecular complexity index is 356. The number of carboxylic acids is 1. The smallest absolute Gasteiger partial charge is 0.358 e. The zero-order chi connectivity index (χ0) is 12.7. The van der Waals surface area contributed by atoms with Crippen LogP contribution in [0.5, 0.6) is 0 Å². The van der Waals surface area contributed by atoms with E-state index in [9.17, 15) is 4.79 Å². The number of hydrogen-bond donors (Lipinski definition) is 2. The normalized spacial score (nSPS) is 12.6. The van der Waals surface area contributed by atoms with E-state index < -0.39 is 5.97 Å². The molecule has 6 nitrogen and oxygen atoms in total. The molecule has 1 unspecified atom stereocenters. The molecule has 1 aromatic heterocycles. The van der Waals surface area contributed by atoms with Gasteiger partial charge < -0.3 is 10.4 Å². The lowest BCUT2D eigenvalue weighted by atomic mass is 10.2. The van der Waals surface area contributed by atoms with E-state index in [0.717, 1.165) is 18.8 Å². The summed E-state index contributed by atoms with van der Waals surface area (Å²) in [6.45, 7) is 4.55. The van der Waals surface area contributed by atoms with Gasteiger partial charge in [-0.3, -0.25) is 4.68 Å². The molecule has 0 fully saturated rings. The van der Waals surface area contributed by atoms with E-state index >= 15 is 0 Å². The van der Waals surface area contributed by atoms with Gasteiger partial charge in [-0.1, -0.05) is 12.1 Å². The molecule has 0 aliphatic rings. The summed E-state index contributed by atoms with van der Waals surface area (Å²) in [6, 6.07) is 0. The molecular formula is C10H18N4O2S. The van der Waals surface area contributed by atoms with Crippen molar-refractivity contribution in [2.24, 2.45) is 5.92 Å². The lowest BCUT2D eigenvalue weighted by Crippen LogP contribution is -2.26. The van der Waals surface area contributed by atoms with Crippen molar-refractivity contribution in [1.82, 2.24) is 20.3 Å². The molecule has 0 radical (unpaired) electrons. The van der Waals surface area contributed by atoms with E-state index in [0.29, 0.717) is 12.5 Å². The Morgan fingerprint density at radius 1 is 1.71 bits per heavy atom. The van der Waals surface area contributed by atoms with Crippen LogP contribution in [-0.2, 0) is 6.54 Å². The van der Waals surface area contributed by atoms with Crippen LogP contribution in [0.3, 0.4) is 0 Å². The first-order valence-electron chi connectivity index (χ1n) is 5.46. The largest absolute Gasteiger partial charge is 0.476 e. The van der Waals surface area contributed by atoms with Gasteiger partial charge in [-0.25, -0.2) is 4.79 Å². The molecule has 7 heteroatoms. The highest BCUT2D eigenvalue weighted by Crippen LogP contribution is 2.02. The van der Waals surface area contributed by atoms with Crippen LogP contribution in [0.2, 0.25) is 0 Å². The quantitative estimate of drug-likeness (QED) is 0.663.